The Kier molecular flexibility index (Phi) is 6.01. The molecule has 0 radical (unpaired) electrons. The highest BCUT2D eigenvalue weighted by Crippen LogP contribution is 2.26. The van der Waals surface area contributed by atoms with E-state index in [9.17, 15) is 19.3 Å². The molecule has 0 saturated heterocycles. The van der Waals surface area contributed by atoms with Crippen LogP contribution in [0.4, 0.5) is 10.1 Å². The number of nitrogens with zero attached hydrogens (tertiary/aromatic N) is 2. The minimum atomic E-state index is -0.576. The first-order valence-corrected chi connectivity index (χ1v) is 8.44. The highest BCUT2D eigenvalue weighted by molar-refractivity contribution is 5.78. The SMILES string of the molecule is O=C(COc1ccccc1[N+](=O)[O-])N(Cc1cccc(F)c1)Cc1ccco1. The highest BCUT2D eigenvalue weighted by Gasteiger charge is 2.20. The van der Waals surface area contributed by atoms with Crippen LogP contribution in [0.2, 0.25) is 0 Å². The van der Waals surface area contributed by atoms with Crippen LogP contribution < -0.4 is 4.74 Å². The van der Waals surface area contributed by atoms with Crippen molar-refractivity contribution >= 4 is 11.6 Å². The zero-order chi connectivity index (χ0) is 19.9. The molecule has 7 nitrogen and oxygen atoms in total. The number of nitro groups is 1. The number of ether oxygens (including phenoxy) is 1. The van der Waals surface area contributed by atoms with Crippen LogP contribution >= 0.6 is 0 Å². The second-order valence-electron chi connectivity index (χ2n) is 5.97. The van der Waals surface area contributed by atoms with Gasteiger partial charge in [-0.3, -0.25) is 14.9 Å². The van der Waals surface area contributed by atoms with E-state index in [0.717, 1.165) is 0 Å². The predicted molar refractivity (Wildman–Crippen MR) is 98.0 cm³/mol. The van der Waals surface area contributed by atoms with E-state index in [1.807, 2.05) is 0 Å². The van der Waals surface area contributed by atoms with Gasteiger partial charge in [-0.25, -0.2) is 4.39 Å². The summed E-state index contributed by atoms with van der Waals surface area (Å²) in [5, 5.41) is 11.1. The van der Waals surface area contributed by atoms with Crippen LogP contribution in [-0.2, 0) is 17.9 Å². The van der Waals surface area contributed by atoms with Gasteiger partial charge in [0, 0.05) is 12.6 Å². The van der Waals surface area contributed by atoms with Crippen molar-refractivity contribution < 1.29 is 23.3 Å². The molecule has 0 unspecified atom stereocenters. The lowest BCUT2D eigenvalue weighted by atomic mass is 10.2. The van der Waals surface area contributed by atoms with Crippen molar-refractivity contribution in [2.24, 2.45) is 0 Å². The first-order chi connectivity index (χ1) is 13.5. The van der Waals surface area contributed by atoms with Gasteiger partial charge in [-0.1, -0.05) is 24.3 Å². The van der Waals surface area contributed by atoms with Gasteiger partial charge in [-0.05, 0) is 35.9 Å². The minimum absolute atomic E-state index is 0.00422. The topological polar surface area (TPSA) is 85.8 Å². The molecule has 0 N–H and O–H groups in total. The molecule has 0 atom stereocenters. The van der Waals surface area contributed by atoms with Gasteiger partial charge in [0.2, 0.25) is 0 Å². The number of nitro benzene ring substituents is 1. The Hall–Kier alpha value is -3.68. The normalized spacial score (nSPS) is 10.5. The Labute approximate surface area is 160 Å². The maximum atomic E-state index is 13.5. The maximum absolute atomic E-state index is 13.5. The van der Waals surface area contributed by atoms with Gasteiger partial charge in [0.25, 0.3) is 5.91 Å². The monoisotopic (exact) mass is 384 g/mol. The molecule has 0 aliphatic rings. The molecular weight excluding hydrogens is 367 g/mol. The van der Waals surface area contributed by atoms with E-state index < -0.39 is 23.3 Å². The van der Waals surface area contributed by atoms with Crippen LogP contribution in [0, 0.1) is 15.9 Å². The van der Waals surface area contributed by atoms with Crippen LogP contribution in [0.25, 0.3) is 0 Å². The number of carbonyl (C=O) groups is 1. The Morgan fingerprint density at radius 1 is 1.11 bits per heavy atom. The molecule has 0 aliphatic heterocycles. The third-order valence-electron chi connectivity index (χ3n) is 3.96. The second kappa shape index (κ2) is 8.81. The number of furan rings is 1. The van der Waals surface area contributed by atoms with Crippen LogP contribution in [0.15, 0.2) is 71.3 Å². The number of carbonyl (C=O) groups excluding carboxylic acids is 1. The molecule has 3 rings (SSSR count). The quantitative estimate of drug-likeness (QED) is 0.434. The Balaban J connectivity index is 1.73. The summed E-state index contributed by atoms with van der Waals surface area (Å²) in [6, 6.07) is 15.2. The molecular formula is C20H17FN2O5. The number of halogens is 1. The summed E-state index contributed by atoms with van der Waals surface area (Å²) in [6.45, 7) is -0.110. The van der Waals surface area contributed by atoms with Gasteiger partial charge in [0.1, 0.15) is 11.6 Å². The van der Waals surface area contributed by atoms with E-state index in [-0.39, 0.29) is 24.5 Å². The van der Waals surface area contributed by atoms with E-state index in [0.29, 0.717) is 11.3 Å². The van der Waals surface area contributed by atoms with Crippen LogP contribution in [0.5, 0.6) is 5.75 Å². The summed E-state index contributed by atoms with van der Waals surface area (Å²) >= 11 is 0. The Bertz CT molecular complexity index is 959. The molecule has 3 aromatic rings. The van der Waals surface area contributed by atoms with E-state index in [1.54, 1.807) is 30.3 Å². The summed E-state index contributed by atoms with van der Waals surface area (Å²) in [4.78, 5) is 24.6. The first kappa shape index (κ1) is 19.1. The van der Waals surface area contributed by atoms with Crippen LogP contribution in [0.1, 0.15) is 11.3 Å². The first-order valence-electron chi connectivity index (χ1n) is 8.44. The third-order valence-corrected chi connectivity index (χ3v) is 3.96. The van der Waals surface area contributed by atoms with E-state index in [4.69, 9.17) is 9.15 Å². The number of benzene rings is 2. The van der Waals surface area contributed by atoms with Crippen molar-refractivity contribution in [2.75, 3.05) is 6.61 Å². The summed E-state index contributed by atoms with van der Waals surface area (Å²) < 4.78 is 24.2. The summed E-state index contributed by atoms with van der Waals surface area (Å²) in [5.41, 5.74) is 0.378. The van der Waals surface area contributed by atoms with Gasteiger partial charge in [-0.2, -0.15) is 0 Å². The lowest BCUT2D eigenvalue weighted by Gasteiger charge is -2.22. The maximum Gasteiger partial charge on any atom is 0.310 e. The van der Waals surface area contributed by atoms with Gasteiger partial charge in [-0.15, -0.1) is 0 Å². The lowest BCUT2D eigenvalue weighted by molar-refractivity contribution is -0.385. The largest absolute Gasteiger partial charge is 0.477 e. The Morgan fingerprint density at radius 3 is 2.64 bits per heavy atom. The minimum Gasteiger partial charge on any atom is -0.477 e. The van der Waals surface area contributed by atoms with Crippen molar-refractivity contribution in [3.05, 3.63) is 94.2 Å². The number of para-hydroxylation sites is 2. The molecule has 144 valence electrons. The van der Waals surface area contributed by atoms with Gasteiger partial charge in [0.05, 0.1) is 17.7 Å². The second-order valence-corrected chi connectivity index (χ2v) is 5.97. The lowest BCUT2D eigenvalue weighted by Crippen LogP contribution is -2.34. The Morgan fingerprint density at radius 2 is 1.93 bits per heavy atom. The molecule has 0 saturated carbocycles. The van der Waals surface area contributed by atoms with E-state index in [2.05, 4.69) is 0 Å². The van der Waals surface area contributed by atoms with Crippen molar-refractivity contribution in [1.82, 2.24) is 4.90 Å². The molecule has 1 heterocycles. The predicted octanol–water partition coefficient (Wildman–Crippen LogP) is 3.93. The fourth-order valence-electron chi connectivity index (χ4n) is 2.64. The molecule has 0 spiro atoms. The molecule has 8 heteroatoms. The molecule has 0 bridgehead atoms. The molecule has 0 fully saturated rings. The van der Waals surface area contributed by atoms with E-state index >= 15 is 0 Å². The van der Waals surface area contributed by atoms with Gasteiger partial charge >= 0.3 is 5.69 Å². The average Bonchev–Trinajstić information content (AvgIpc) is 3.19. The summed E-state index contributed by atoms with van der Waals surface area (Å²) in [6.07, 6.45) is 1.49. The number of amides is 1. The zero-order valence-corrected chi connectivity index (χ0v) is 14.8. The van der Waals surface area contributed by atoms with Crippen molar-refractivity contribution in [3.8, 4) is 5.75 Å². The zero-order valence-electron chi connectivity index (χ0n) is 14.8. The van der Waals surface area contributed by atoms with Gasteiger partial charge < -0.3 is 14.1 Å². The number of hydrogen-bond acceptors (Lipinski definition) is 5. The standard InChI is InChI=1S/C20H17FN2O5/c21-16-6-3-5-15(11-16)12-22(13-17-7-4-10-27-17)20(24)14-28-19-9-2-1-8-18(19)23(25)26/h1-11H,12-14H2. The number of rotatable bonds is 8. The van der Waals surface area contributed by atoms with Crippen LogP contribution in [-0.4, -0.2) is 22.3 Å². The fraction of sp³-hybridized carbons (Fsp3) is 0.150. The van der Waals surface area contributed by atoms with Crippen molar-refractivity contribution in [2.45, 2.75) is 13.1 Å². The molecule has 2 aromatic carbocycles. The van der Waals surface area contributed by atoms with Crippen LogP contribution in [0.3, 0.4) is 0 Å². The van der Waals surface area contributed by atoms with Crippen molar-refractivity contribution in [1.29, 1.82) is 0 Å². The van der Waals surface area contributed by atoms with Crippen molar-refractivity contribution in [3.63, 3.8) is 0 Å². The fourth-order valence-corrected chi connectivity index (χ4v) is 2.64. The number of hydrogen-bond donors (Lipinski definition) is 0. The highest BCUT2D eigenvalue weighted by atomic mass is 19.1. The molecule has 28 heavy (non-hydrogen) atoms. The molecule has 1 amide bonds. The smallest absolute Gasteiger partial charge is 0.310 e. The third kappa shape index (κ3) is 4.94. The van der Waals surface area contributed by atoms with Gasteiger partial charge in [0.15, 0.2) is 12.4 Å². The van der Waals surface area contributed by atoms with E-state index in [1.165, 1.54) is 41.5 Å². The summed E-state index contributed by atoms with van der Waals surface area (Å²) in [5.74, 6) is -0.266. The molecule has 0 aliphatic carbocycles. The average molecular weight is 384 g/mol. The molecule has 1 aromatic heterocycles. The summed E-state index contributed by atoms with van der Waals surface area (Å²) in [7, 11) is 0.